The molecule has 0 saturated carbocycles. The molecular formula is C7H12N2O2. The van der Waals surface area contributed by atoms with E-state index in [1.54, 1.807) is 0 Å². The lowest BCUT2D eigenvalue weighted by Crippen LogP contribution is -2.48. The summed E-state index contributed by atoms with van der Waals surface area (Å²) < 4.78 is 0. The minimum atomic E-state index is -0.433. The third-order valence-electron chi connectivity index (χ3n) is 1.51. The van der Waals surface area contributed by atoms with Crippen molar-refractivity contribution in [2.75, 3.05) is 6.54 Å². The second-order valence-corrected chi connectivity index (χ2v) is 3.57. The number of nitrogens with zero attached hydrogens (tertiary/aromatic N) is 1. The van der Waals surface area contributed by atoms with Crippen LogP contribution >= 0.6 is 0 Å². The first-order chi connectivity index (χ1) is 4.93. The monoisotopic (exact) mass is 156 g/mol. The second kappa shape index (κ2) is 2.30. The van der Waals surface area contributed by atoms with E-state index < -0.39 is 5.91 Å². The summed E-state index contributed by atoms with van der Waals surface area (Å²) in [5, 5.41) is 1.37. The van der Waals surface area contributed by atoms with Crippen LogP contribution in [0.1, 0.15) is 20.8 Å². The standard InChI is InChI=1S/C7H12N2O2/c1-7(2,3)9-6(11)5(10)4-8-9/h8H,4H2,1-3H3. The second-order valence-electron chi connectivity index (χ2n) is 3.57. The van der Waals surface area contributed by atoms with Gasteiger partial charge < -0.3 is 0 Å². The Morgan fingerprint density at radius 3 is 2.09 bits per heavy atom. The maximum atomic E-state index is 11.1. The summed E-state index contributed by atoms with van der Waals surface area (Å²) >= 11 is 0. The molecule has 1 fully saturated rings. The van der Waals surface area contributed by atoms with Gasteiger partial charge in [0.05, 0.1) is 12.1 Å². The van der Waals surface area contributed by atoms with Gasteiger partial charge in [-0.15, -0.1) is 0 Å². The molecule has 0 aromatic heterocycles. The summed E-state index contributed by atoms with van der Waals surface area (Å²) in [6, 6.07) is 0. The van der Waals surface area contributed by atoms with Crippen LogP contribution in [-0.4, -0.2) is 28.8 Å². The zero-order valence-corrected chi connectivity index (χ0v) is 6.97. The first-order valence-electron chi connectivity index (χ1n) is 3.54. The molecule has 0 unspecified atom stereocenters. The Balaban J connectivity index is 2.78. The maximum Gasteiger partial charge on any atom is 0.305 e. The Bertz CT molecular complexity index is 205. The van der Waals surface area contributed by atoms with Gasteiger partial charge in [0.15, 0.2) is 0 Å². The molecule has 0 spiro atoms. The van der Waals surface area contributed by atoms with Gasteiger partial charge in [-0.1, -0.05) is 0 Å². The molecule has 62 valence electrons. The van der Waals surface area contributed by atoms with Crippen LogP contribution in [-0.2, 0) is 9.59 Å². The van der Waals surface area contributed by atoms with Gasteiger partial charge in [0.1, 0.15) is 0 Å². The van der Waals surface area contributed by atoms with Crippen molar-refractivity contribution in [3.8, 4) is 0 Å². The van der Waals surface area contributed by atoms with Crippen LogP contribution in [0.4, 0.5) is 0 Å². The van der Waals surface area contributed by atoms with Crippen LogP contribution in [0.15, 0.2) is 0 Å². The molecule has 11 heavy (non-hydrogen) atoms. The zero-order chi connectivity index (χ0) is 8.65. The molecular weight excluding hydrogens is 144 g/mol. The van der Waals surface area contributed by atoms with E-state index in [1.165, 1.54) is 5.01 Å². The van der Waals surface area contributed by atoms with Gasteiger partial charge in [-0.25, -0.2) is 5.43 Å². The quantitative estimate of drug-likeness (QED) is 0.490. The fraction of sp³-hybridized carbons (Fsp3) is 0.714. The highest BCUT2D eigenvalue weighted by Gasteiger charge is 2.36. The number of hydrogen-bond acceptors (Lipinski definition) is 3. The van der Waals surface area contributed by atoms with E-state index in [0.717, 1.165) is 0 Å². The van der Waals surface area contributed by atoms with Crippen molar-refractivity contribution in [3.63, 3.8) is 0 Å². The van der Waals surface area contributed by atoms with Crippen molar-refractivity contribution in [1.82, 2.24) is 10.4 Å². The fourth-order valence-corrected chi connectivity index (χ4v) is 0.965. The van der Waals surface area contributed by atoms with Crippen LogP contribution in [0.2, 0.25) is 0 Å². The molecule has 1 saturated heterocycles. The average molecular weight is 156 g/mol. The van der Waals surface area contributed by atoms with E-state index in [4.69, 9.17) is 0 Å². The van der Waals surface area contributed by atoms with E-state index in [-0.39, 0.29) is 17.9 Å². The minimum Gasteiger partial charge on any atom is -0.287 e. The van der Waals surface area contributed by atoms with Gasteiger partial charge in [0.2, 0.25) is 5.78 Å². The predicted molar refractivity (Wildman–Crippen MR) is 39.6 cm³/mol. The SMILES string of the molecule is CC(C)(C)N1NCC(=O)C1=O. The molecule has 4 nitrogen and oxygen atoms in total. The molecule has 1 aliphatic heterocycles. The normalized spacial score (nSPS) is 19.7. The van der Waals surface area contributed by atoms with Crippen molar-refractivity contribution >= 4 is 11.7 Å². The third kappa shape index (κ3) is 1.40. The Morgan fingerprint density at radius 2 is 1.91 bits per heavy atom. The number of carbonyl (C=O) groups excluding carboxylic acids is 2. The van der Waals surface area contributed by atoms with Crippen LogP contribution in [0.25, 0.3) is 0 Å². The Hall–Kier alpha value is -0.900. The van der Waals surface area contributed by atoms with Crippen LogP contribution in [0, 0.1) is 0 Å². The zero-order valence-electron chi connectivity index (χ0n) is 6.97. The molecule has 1 aliphatic rings. The maximum absolute atomic E-state index is 11.1. The lowest BCUT2D eigenvalue weighted by atomic mass is 10.1. The topological polar surface area (TPSA) is 49.4 Å². The molecule has 0 aromatic rings. The number of amides is 1. The number of hydrazine groups is 1. The Morgan fingerprint density at radius 1 is 1.36 bits per heavy atom. The lowest BCUT2D eigenvalue weighted by Gasteiger charge is -2.30. The molecule has 1 rings (SSSR count). The average Bonchev–Trinajstić information content (AvgIpc) is 2.11. The largest absolute Gasteiger partial charge is 0.305 e. The van der Waals surface area contributed by atoms with Gasteiger partial charge in [-0.05, 0) is 20.8 Å². The number of nitrogens with one attached hydrogen (secondary N) is 1. The summed E-state index contributed by atoms with van der Waals surface area (Å²) in [7, 11) is 0. The molecule has 0 aromatic carbocycles. The smallest absolute Gasteiger partial charge is 0.287 e. The summed E-state index contributed by atoms with van der Waals surface area (Å²) in [6.07, 6.45) is 0. The van der Waals surface area contributed by atoms with Gasteiger partial charge in [-0.3, -0.25) is 14.6 Å². The molecule has 4 heteroatoms. The van der Waals surface area contributed by atoms with Crippen molar-refractivity contribution in [2.24, 2.45) is 0 Å². The molecule has 0 bridgehead atoms. The van der Waals surface area contributed by atoms with Gasteiger partial charge in [-0.2, -0.15) is 0 Å². The number of hydrogen-bond donors (Lipinski definition) is 1. The Labute approximate surface area is 65.5 Å². The summed E-state index contributed by atoms with van der Waals surface area (Å²) in [6.45, 7) is 5.75. The van der Waals surface area contributed by atoms with E-state index in [2.05, 4.69) is 5.43 Å². The predicted octanol–water partition coefficient (Wildman–Crippen LogP) is -0.299. The number of ketones is 1. The molecule has 0 radical (unpaired) electrons. The molecule has 1 N–H and O–H groups in total. The van der Waals surface area contributed by atoms with Gasteiger partial charge in [0, 0.05) is 0 Å². The first kappa shape index (κ1) is 8.20. The van der Waals surface area contributed by atoms with E-state index in [0.29, 0.717) is 0 Å². The van der Waals surface area contributed by atoms with Gasteiger partial charge in [0.25, 0.3) is 0 Å². The van der Waals surface area contributed by atoms with Crippen molar-refractivity contribution in [1.29, 1.82) is 0 Å². The van der Waals surface area contributed by atoms with E-state index in [9.17, 15) is 9.59 Å². The number of carbonyl (C=O) groups is 2. The van der Waals surface area contributed by atoms with E-state index >= 15 is 0 Å². The fourth-order valence-electron chi connectivity index (χ4n) is 0.965. The van der Waals surface area contributed by atoms with Crippen molar-refractivity contribution < 1.29 is 9.59 Å². The van der Waals surface area contributed by atoms with Crippen LogP contribution in [0.3, 0.4) is 0 Å². The summed E-state index contributed by atoms with van der Waals surface area (Å²) in [4.78, 5) is 21.8. The highest BCUT2D eigenvalue weighted by Crippen LogP contribution is 2.13. The lowest BCUT2D eigenvalue weighted by molar-refractivity contribution is -0.143. The third-order valence-corrected chi connectivity index (χ3v) is 1.51. The van der Waals surface area contributed by atoms with Crippen LogP contribution < -0.4 is 5.43 Å². The Kier molecular flexibility index (Phi) is 1.72. The van der Waals surface area contributed by atoms with Crippen molar-refractivity contribution in [2.45, 2.75) is 26.3 Å². The first-order valence-corrected chi connectivity index (χ1v) is 3.54. The number of Topliss-reactive ketones (excluding diaryl/α,β-unsaturated/α-hetero) is 1. The summed E-state index contributed by atoms with van der Waals surface area (Å²) in [5.41, 5.74) is 2.41. The van der Waals surface area contributed by atoms with Crippen molar-refractivity contribution in [3.05, 3.63) is 0 Å². The molecule has 1 amide bonds. The van der Waals surface area contributed by atoms with Gasteiger partial charge >= 0.3 is 5.91 Å². The summed E-state index contributed by atoms with van der Waals surface area (Å²) in [5.74, 6) is -0.794. The van der Waals surface area contributed by atoms with E-state index in [1.807, 2.05) is 20.8 Å². The van der Waals surface area contributed by atoms with Crippen LogP contribution in [0.5, 0.6) is 0 Å². The molecule has 0 atom stereocenters. The molecule has 1 heterocycles. The number of rotatable bonds is 0. The molecule has 0 aliphatic carbocycles. The highest BCUT2D eigenvalue weighted by molar-refractivity contribution is 6.38. The minimum absolute atomic E-state index is 0.135. The highest BCUT2D eigenvalue weighted by atomic mass is 16.2.